The lowest BCUT2D eigenvalue weighted by molar-refractivity contribution is 0.189. The summed E-state index contributed by atoms with van der Waals surface area (Å²) in [6, 6.07) is 0. The molecule has 0 N–H and O–H groups in total. The van der Waals surface area contributed by atoms with Crippen LogP contribution < -0.4 is 0 Å². The third-order valence-corrected chi connectivity index (χ3v) is 8.95. The first-order valence-electron chi connectivity index (χ1n) is 7.03. The molecule has 1 saturated carbocycles. The van der Waals surface area contributed by atoms with Crippen LogP contribution in [0.4, 0.5) is 0 Å². The average Bonchev–Trinajstić information content (AvgIpc) is 2.92. The maximum atomic E-state index is 6.60. The highest BCUT2D eigenvalue weighted by molar-refractivity contribution is 6.74. The van der Waals surface area contributed by atoms with Crippen LogP contribution in [0.15, 0.2) is 12.2 Å². The molecule has 0 atom stereocenters. The van der Waals surface area contributed by atoms with Crippen LogP contribution in [0.3, 0.4) is 0 Å². The van der Waals surface area contributed by atoms with Crippen LogP contribution in [0.5, 0.6) is 0 Å². The first-order chi connectivity index (χ1) is 7.65. The molecule has 0 bridgehead atoms. The summed E-state index contributed by atoms with van der Waals surface area (Å²) in [4.78, 5) is 0. The van der Waals surface area contributed by atoms with Crippen LogP contribution in [0.2, 0.25) is 18.1 Å². The minimum atomic E-state index is -1.64. The molecule has 0 aromatic carbocycles. The Morgan fingerprint density at radius 1 is 1.29 bits per heavy atom. The van der Waals surface area contributed by atoms with E-state index in [0.717, 1.165) is 6.42 Å². The molecule has 0 radical (unpaired) electrons. The van der Waals surface area contributed by atoms with Gasteiger partial charge >= 0.3 is 0 Å². The van der Waals surface area contributed by atoms with Crippen LogP contribution in [0, 0.1) is 0 Å². The summed E-state index contributed by atoms with van der Waals surface area (Å²) in [5, 5.41) is 0.299. The van der Waals surface area contributed by atoms with Crippen molar-refractivity contribution in [3.05, 3.63) is 12.2 Å². The Morgan fingerprint density at radius 3 is 2.18 bits per heavy atom. The average molecular weight is 254 g/mol. The van der Waals surface area contributed by atoms with Gasteiger partial charge in [0.05, 0.1) is 5.60 Å². The van der Waals surface area contributed by atoms with Crippen LogP contribution in [0.25, 0.3) is 0 Å². The molecule has 0 spiro atoms. The SMILES string of the molecule is C=C(CCCC)C1(O[Si](C)(C)C(C)(C)C)CC1. The van der Waals surface area contributed by atoms with E-state index < -0.39 is 8.32 Å². The monoisotopic (exact) mass is 254 g/mol. The Morgan fingerprint density at radius 2 is 1.82 bits per heavy atom. The number of hydrogen-bond acceptors (Lipinski definition) is 1. The standard InChI is InChI=1S/C15H30OSi/c1-8-9-10-13(2)15(11-12-15)16-17(6,7)14(3,4)5/h2,8-12H2,1,3-7H3. The van der Waals surface area contributed by atoms with Crippen LogP contribution in [0.1, 0.15) is 59.8 Å². The van der Waals surface area contributed by atoms with Gasteiger partial charge in [0.2, 0.25) is 0 Å². The van der Waals surface area contributed by atoms with Crippen LogP contribution >= 0.6 is 0 Å². The highest BCUT2D eigenvalue weighted by Crippen LogP contribution is 2.52. The fraction of sp³-hybridized carbons (Fsp3) is 0.867. The fourth-order valence-electron chi connectivity index (χ4n) is 1.90. The van der Waals surface area contributed by atoms with E-state index in [4.69, 9.17) is 4.43 Å². The van der Waals surface area contributed by atoms with E-state index in [2.05, 4.69) is 47.4 Å². The molecule has 17 heavy (non-hydrogen) atoms. The van der Waals surface area contributed by atoms with E-state index in [0.29, 0.717) is 5.04 Å². The molecule has 0 aromatic rings. The molecular formula is C15H30OSi. The molecule has 0 amide bonds. The van der Waals surface area contributed by atoms with E-state index in [1.54, 1.807) is 0 Å². The van der Waals surface area contributed by atoms with Gasteiger partial charge in [0, 0.05) is 0 Å². The predicted molar refractivity (Wildman–Crippen MR) is 78.9 cm³/mol. The number of hydrogen-bond donors (Lipinski definition) is 0. The van der Waals surface area contributed by atoms with Gasteiger partial charge in [0.25, 0.3) is 0 Å². The predicted octanol–water partition coefficient (Wildman–Crippen LogP) is 5.29. The summed E-state index contributed by atoms with van der Waals surface area (Å²) in [5.41, 5.74) is 1.42. The normalized spacial score (nSPS) is 19.2. The van der Waals surface area contributed by atoms with Crippen molar-refractivity contribution >= 4 is 8.32 Å². The van der Waals surface area contributed by atoms with Gasteiger partial charge in [-0.15, -0.1) is 0 Å². The van der Waals surface area contributed by atoms with Crippen molar-refractivity contribution in [1.29, 1.82) is 0 Å². The number of rotatable bonds is 6. The van der Waals surface area contributed by atoms with E-state index in [1.165, 1.54) is 31.3 Å². The lowest BCUT2D eigenvalue weighted by Crippen LogP contribution is -2.45. The summed E-state index contributed by atoms with van der Waals surface area (Å²) >= 11 is 0. The second kappa shape index (κ2) is 4.89. The zero-order valence-corrected chi connectivity index (χ0v) is 13.7. The van der Waals surface area contributed by atoms with Crippen molar-refractivity contribution < 1.29 is 4.43 Å². The molecule has 0 aliphatic heterocycles. The third kappa shape index (κ3) is 3.44. The van der Waals surface area contributed by atoms with Gasteiger partial charge in [-0.1, -0.05) is 40.7 Å². The molecule has 1 aliphatic carbocycles. The Balaban J connectivity index is 2.65. The van der Waals surface area contributed by atoms with Gasteiger partial charge < -0.3 is 4.43 Å². The molecule has 0 unspecified atom stereocenters. The molecule has 1 aliphatic rings. The zero-order chi connectivity index (χ0) is 13.3. The van der Waals surface area contributed by atoms with Crippen molar-refractivity contribution in [1.82, 2.24) is 0 Å². The molecule has 0 saturated heterocycles. The molecule has 0 aromatic heterocycles. The van der Waals surface area contributed by atoms with Crippen molar-refractivity contribution in [2.45, 2.75) is 83.5 Å². The van der Waals surface area contributed by atoms with Gasteiger partial charge in [-0.05, 0) is 49.4 Å². The summed E-state index contributed by atoms with van der Waals surface area (Å²) in [7, 11) is -1.64. The highest BCUT2D eigenvalue weighted by Gasteiger charge is 2.52. The van der Waals surface area contributed by atoms with Crippen molar-refractivity contribution in [2.75, 3.05) is 0 Å². The zero-order valence-electron chi connectivity index (χ0n) is 12.7. The summed E-state index contributed by atoms with van der Waals surface area (Å²) in [6.07, 6.45) is 6.03. The minimum Gasteiger partial charge on any atom is -0.408 e. The van der Waals surface area contributed by atoms with Gasteiger partial charge in [-0.25, -0.2) is 0 Å². The van der Waals surface area contributed by atoms with Crippen molar-refractivity contribution in [3.8, 4) is 0 Å². The van der Waals surface area contributed by atoms with E-state index in [-0.39, 0.29) is 5.60 Å². The third-order valence-electron chi connectivity index (χ3n) is 4.44. The van der Waals surface area contributed by atoms with Gasteiger partial charge in [0.15, 0.2) is 8.32 Å². The molecule has 1 fully saturated rings. The summed E-state index contributed by atoms with van der Waals surface area (Å²) < 4.78 is 6.60. The molecular weight excluding hydrogens is 224 g/mol. The molecule has 100 valence electrons. The van der Waals surface area contributed by atoms with Crippen molar-refractivity contribution in [2.24, 2.45) is 0 Å². The molecule has 0 heterocycles. The van der Waals surface area contributed by atoms with Crippen LogP contribution in [-0.4, -0.2) is 13.9 Å². The first-order valence-corrected chi connectivity index (χ1v) is 9.94. The maximum Gasteiger partial charge on any atom is 0.193 e. The molecule has 1 nitrogen and oxygen atoms in total. The second-order valence-corrected chi connectivity index (χ2v) is 11.8. The second-order valence-electron chi connectivity index (χ2n) is 7.06. The quantitative estimate of drug-likeness (QED) is 0.462. The minimum absolute atomic E-state index is 0.0676. The van der Waals surface area contributed by atoms with Crippen LogP contribution in [-0.2, 0) is 4.43 Å². The highest BCUT2D eigenvalue weighted by atomic mass is 28.4. The Kier molecular flexibility index (Phi) is 4.31. The lowest BCUT2D eigenvalue weighted by Gasteiger charge is -2.40. The summed E-state index contributed by atoms with van der Waals surface area (Å²) in [6.45, 7) is 18.2. The van der Waals surface area contributed by atoms with E-state index in [1.807, 2.05) is 0 Å². The Hall–Kier alpha value is -0.0831. The Bertz CT molecular complexity index is 282. The van der Waals surface area contributed by atoms with E-state index >= 15 is 0 Å². The molecule has 2 heteroatoms. The van der Waals surface area contributed by atoms with Gasteiger partial charge in [-0.2, -0.15) is 0 Å². The molecule has 1 rings (SSSR count). The first kappa shape index (κ1) is 15.0. The Labute approximate surface area is 109 Å². The fourth-order valence-corrected chi connectivity index (χ4v) is 3.53. The van der Waals surface area contributed by atoms with Crippen molar-refractivity contribution in [3.63, 3.8) is 0 Å². The lowest BCUT2D eigenvalue weighted by atomic mass is 10.0. The smallest absolute Gasteiger partial charge is 0.193 e. The van der Waals surface area contributed by atoms with E-state index in [9.17, 15) is 0 Å². The topological polar surface area (TPSA) is 9.23 Å². The maximum absolute atomic E-state index is 6.60. The van der Waals surface area contributed by atoms with Gasteiger partial charge in [-0.3, -0.25) is 0 Å². The van der Waals surface area contributed by atoms with Gasteiger partial charge in [0.1, 0.15) is 0 Å². The number of unbranched alkanes of at least 4 members (excludes halogenated alkanes) is 1. The summed E-state index contributed by atoms with van der Waals surface area (Å²) in [5.74, 6) is 0. The largest absolute Gasteiger partial charge is 0.408 e.